The van der Waals surface area contributed by atoms with Crippen molar-refractivity contribution >= 4 is 45.1 Å². The number of aromatic nitrogens is 1. The molecule has 2 unspecified atom stereocenters. The minimum atomic E-state index is 0.0251. The normalized spacial score (nSPS) is 16.8. The van der Waals surface area contributed by atoms with E-state index in [-0.39, 0.29) is 12.1 Å². The Labute approximate surface area is 287 Å². The van der Waals surface area contributed by atoms with Gasteiger partial charge in [0.15, 0.2) is 0 Å². The van der Waals surface area contributed by atoms with Crippen molar-refractivity contribution in [1.29, 1.82) is 0 Å². The van der Waals surface area contributed by atoms with Crippen molar-refractivity contribution in [2.45, 2.75) is 18.5 Å². The van der Waals surface area contributed by atoms with Crippen LogP contribution in [-0.4, -0.2) is 16.7 Å². The first-order valence-electron chi connectivity index (χ1n) is 17.2. The number of nitrogens with zero attached hydrogens (tertiary/aromatic N) is 2. The van der Waals surface area contributed by atoms with Crippen LogP contribution in [0.25, 0.3) is 56.2 Å². The van der Waals surface area contributed by atoms with Crippen LogP contribution in [0.3, 0.4) is 0 Å². The van der Waals surface area contributed by atoms with E-state index in [9.17, 15) is 0 Å². The zero-order chi connectivity index (χ0) is 32.6. The van der Waals surface area contributed by atoms with Crippen LogP contribution in [0, 0.1) is 0 Å². The van der Waals surface area contributed by atoms with E-state index >= 15 is 0 Å². The molecule has 9 rings (SSSR count). The maximum atomic E-state index is 2.58. The van der Waals surface area contributed by atoms with Gasteiger partial charge in [0.25, 0.3) is 0 Å². The van der Waals surface area contributed by atoms with Gasteiger partial charge in [-0.05, 0) is 81.9 Å². The topological polar surface area (TPSA) is 8.17 Å². The SMILES string of the molecule is C1=CC(N(c2ccccc2)C2C=CC(c3ccc4ccccc4c3)=CC2)C=c2c(c3c(-c4ccccc4)cccc3n2-c2ccccc2)=C1. The summed E-state index contributed by atoms with van der Waals surface area (Å²) in [6.45, 7) is 0. The fourth-order valence-corrected chi connectivity index (χ4v) is 7.67. The molecule has 2 nitrogen and oxygen atoms in total. The molecule has 7 aromatic rings. The van der Waals surface area contributed by atoms with Gasteiger partial charge in [0.2, 0.25) is 0 Å². The third-order valence-electron chi connectivity index (χ3n) is 9.96. The lowest BCUT2D eigenvalue weighted by Gasteiger charge is -2.37. The zero-order valence-corrected chi connectivity index (χ0v) is 27.2. The molecular weight excluding hydrogens is 593 g/mol. The highest BCUT2D eigenvalue weighted by Gasteiger charge is 2.25. The van der Waals surface area contributed by atoms with Crippen molar-refractivity contribution in [2.24, 2.45) is 0 Å². The van der Waals surface area contributed by atoms with E-state index in [1.165, 1.54) is 60.2 Å². The highest BCUT2D eigenvalue weighted by Crippen LogP contribution is 2.32. The predicted molar refractivity (Wildman–Crippen MR) is 208 cm³/mol. The summed E-state index contributed by atoms with van der Waals surface area (Å²) in [4.78, 5) is 2.58. The molecule has 49 heavy (non-hydrogen) atoms. The molecule has 2 aliphatic carbocycles. The molecule has 2 heteroatoms. The standard InChI is InChI=1S/C47H36N2/c1-4-15-36(16-5-1)43-23-13-25-45-47(43)44-24-12-22-42(33-46(44)49(45)40-20-8-3-9-21-40)48(39-18-6-2-7-19-39)41-30-28-35(29-31-41)38-27-26-34-14-10-11-17-37(34)32-38/h1-30,32-33,41-42H,31H2. The largest absolute Gasteiger partial charge is 0.355 e. The molecule has 0 amide bonds. The van der Waals surface area contributed by atoms with Crippen molar-refractivity contribution < 1.29 is 0 Å². The lowest BCUT2D eigenvalue weighted by molar-refractivity contribution is 0.687. The second-order valence-electron chi connectivity index (χ2n) is 12.9. The molecule has 1 heterocycles. The summed E-state index contributed by atoms with van der Waals surface area (Å²) in [5, 5.41) is 6.29. The molecule has 234 valence electrons. The fourth-order valence-electron chi connectivity index (χ4n) is 7.67. The van der Waals surface area contributed by atoms with Gasteiger partial charge in [0.1, 0.15) is 0 Å². The average Bonchev–Trinajstić information content (AvgIpc) is 3.33. The maximum Gasteiger partial charge on any atom is 0.0689 e. The summed E-state index contributed by atoms with van der Waals surface area (Å²) in [5.74, 6) is 0. The molecule has 0 aliphatic heterocycles. The molecule has 0 fully saturated rings. The number of benzene rings is 6. The number of fused-ring (bicyclic) bond motifs is 4. The highest BCUT2D eigenvalue weighted by molar-refractivity contribution is 5.98. The molecule has 0 radical (unpaired) electrons. The van der Waals surface area contributed by atoms with Crippen LogP contribution < -0.4 is 15.5 Å². The molecule has 6 aromatic carbocycles. The summed E-state index contributed by atoms with van der Waals surface area (Å²) in [6, 6.07) is 54.8. The van der Waals surface area contributed by atoms with Gasteiger partial charge in [0.05, 0.1) is 22.9 Å². The Balaban J connectivity index is 1.19. The van der Waals surface area contributed by atoms with E-state index in [2.05, 4.69) is 204 Å². The minimum absolute atomic E-state index is 0.0251. The van der Waals surface area contributed by atoms with Crippen LogP contribution in [0.15, 0.2) is 182 Å². The van der Waals surface area contributed by atoms with Gasteiger partial charge in [0, 0.05) is 22.0 Å². The third kappa shape index (κ3) is 5.32. The summed E-state index contributed by atoms with van der Waals surface area (Å²) in [5.41, 5.74) is 8.61. The lowest BCUT2D eigenvalue weighted by Crippen LogP contribution is -2.43. The average molecular weight is 629 g/mol. The number of hydrogen-bond donors (Lipinski definition) is 0. The number of para-hydroxylation sites is 2. The number of hydrogen-bond acceptors (Lipinski definition) is 1. The van der Waals surface area contributed by atoms with E-state index in [0.717, 1.165) is 12.1 Å². The van der Waals surface area contributed by atoms with Crippen LogP contribution >= 0.6 is 0 Å². The quantitative estimate of drug-likeness (QED) is 0.178. The van der Waals surface area contributed by atoms with Gasteiger partial charge >= 0.3 is 0 Å². The summed E-state index contributed by atoms with van der Waals surface area (Å²) < 4.78 is 2.45. The minimum Gasteiger partial charge on any atom is -0.355 e. The van der Waals surface area contributed by atoms with Gasteiger partial charge in [-0.3, -0.25) is 0 Å². The summed E-state index contributed by atoms with van der Waals surface area (Å²) in [7, 11) is 0. The van der Waals surface area contributed by atoms with E-state index in [1.54, 1.807) is 0 Å². The first-order chi connectivity index (χ1) is 24.3. The summed E-state index contributed by atoms with van der Waals surface area (Å²) in [6.07, 6.45) is 17.5. The van der Waals surface area contributed by atoms with E-state index in [0.29, 0.717) is 0 Å². The number of allylic oxidation sites excluding steroid dienone is 3. The van der Waals surface area contributed by atoms with Gasteiger partial charge < -0.3 is 9.47 Å². The van der Waals surface area contributed by atoms with E-state index in [4.69, 9.17) is 0 Å². The van der Waals surface area contributed by atoms with Crippen molar-refractivity contribution in [3.05, 3.63) is 198 Å². The summed E-state index contributed by atoms with van der Waals surface area (Å²) >= 11 is 0. The van der Waals surface area contributed by atoms with Gasteiger partial charge in [-0.2, -0.15) is 0 Å². The van der Waals surface area contributed by atoms with E-state index in [1.807, 2.05) is 0 Å². The van der Waals surface area contributed by atoms with Crippen LogP contribution in [-0.2, 0) is 0 Å². The molecule has 0 bridgehead atoms. The van der Waals surface area contributed by atoms with Crippen LogP contribution in [0.2, 0.25) is 0 Å². The Morgan fingerprint density at radius 2 is 1.35 bits per heavy atom. The smallest absolute Gasteiger partial charge is 0.0689 e. The number of anilines is 1. The maximum absolute atomic E-state index is 2.58. The fraction of sp³-hybridized carbons (Fsp3) is 0.0638. The van der Waals surface area contributed by atoms with Crippen molar-refractivity contribution in [1.82, 2.24) is 4.57 Å². The molecule has 0 N–H and O–H groups in total. The molecule has 2 aliphatic rings. The van der Waals surface area contributed by atoms with Crippen LogP contribution in [0.5, 0.6) is 0 Å². The highest BCUT2D eigenvalue weighted by atomic mass is 15.2. The first-order valence-corrected chi connectivity index (χ1v) is 17.2. The van der Waals surface area contributed by atoms with Gasteiger partial charge in [-0.1, -0.05) is 152 Å². The van der Waals surface area contributed by atoms with Crippen LogP contribution in [0.4, 0.5) is 5.69 Å². The monoisotopic (exact) mass is 628 g/mol. The second-order valence-corrected chi connectivity index (χ2v) is 12.9. The van der Waals surface area contributed by atoms with Crippen molar-refractivity contribution in [3.8, 4) is 16.8 Å². The van der Waals surface area contributed by atoms with Crippen molar-refractivity contribution in [2.75, 3.05) is 4.90 Å². The van der Waals surface area contributed by atoms with Gasteiger partial charge in [-0.15, -0.1) is 0 Å². The first kappa shape index (κ1) is 29.1. The molecule has 0 saturated carbocycles. The molecule has 0 spiro atoms. The Bertz CT molecular complexity index is 2520. The Morgan fingerprint density at radius 3 is 2.12 bits per heavy atom. The number of rotatable bonds is 6. The Morgan fingerprint density at radius 1 is 0.612 bits per heavy atom. The Hall–Kier alpha value is -6.12. The molecule has 0 saturated heterocycles. The molecular formula is C47H36N2. The molecule has 2 atom stereocenters. The second kappa shape index (κ2) is 12.5. The van der Waals surface area contributed by atoms with Gasteiger partial charge in [-0.25, -0.2) is 0 Å². The van der Waals surface area contributed by atoms with Crippen LogP contribution in [0.1, 0.15) is 12.0 Å². The zero-order valence-electron chi connectivity index (χ0n) is 27.2. The van der Waals surface area contributed by atoms with Crippen molar-refractivity contribution in [3.63, 3.8) is 0 Å². The Kier molecular flexibility index (Phi) is 7.40. The predicted octanol–water partition coefficient (Wildman–Crippen LogP) is 9.87. The lowest BCUT2D eigenvalue weighted by atomic mass is 9.93. The molecule has 1 aromatic heterocycles. The van der Waals surface area contributed by atoms with E-state index < -0.39 is 0 Å². The third-order valence-corrected chi connectivity index (χ3v) is 9.96.